The highest BCUT2D eigenvalue weighted by Crippen LogP contribution is 2.41. The highest BCUT2D eigenvalue weighted by atomic mass is 16.1. The average molecular weight is 291 g/mol. The summed E-state index contributed by atoms with van der Waals surface area (Å²) in [5, 5.41) is 6.59. The summed E-state index contributed by atoms with van der Waals surface area (Å²) in [5.41, 5.74) is 1.37. The number of carbonyl (C=O) groups is 1. The molecule has 0 bridgehead atoms. The lowest BCUT2D eigenvalue weighted by molar-refractivity contribution is -0.121. The van der Waals surface area contributed by atoms with Crippen molar-refractivity contribution >= 4 is 5.91 Å². The topological polar surface area (TPSA) is 46.1 Å². The molecule has 2 rings (SSSR count). The average Bonchev–Trinajstić information content (AvgIpc) is 3.15. The molecule has 0 saturated heterocycles. The van der Waals surface area contributed by atoms with Crippen LogP contribution >= 0.6 is 0 Å². The summed E-state index contributed by atoms with van der Waals surface area (Å²) < 4.78 is 2.14. The van der Waals surface area contributed by atoms with E-state index in [1.165, 1.54) is 24.8 Å². The molecule has 4 heteroatoms. The summed E-state index contributed by atoms with van der Waals surface area (Å²) in [4.78, 5) is 11.7. The van der Waals surface area contributed by atoms with Gasteiger partial charge in [0.05, 0.1) is 0 Å². The minimum Gasteiger partial charge on any atom is -0.354 e. The van der Waals surface area contributed by atoms with E-state index in [1.54, 1.807) is 0 Å². The van der Waals surface area contributed by atoms with Crippen molar-refractivity contribution in [1.29, 1.82) is 0 Å². The SMILES string of the molecule is CCCNC(c1ccn(CCC(=O)NC(C)C)c1)C1CC1. The van der Waals surface area contributed by atoms with Gasteiger partial charge in [-0.05, 0) is 57.2 Å². The maximum Gasteiger partial charge on any atom is 0.221 e. The third kappa shape index (κ3) is 5.20. The highest BCUT2D eigenvalue weighted by molar-refractivity contribution is 5.76. The van der Waals surface area contributed by atoms with E-state index in [2.05, 4.69) is 40.6 Å². The number of hydrogen-bond donors (Lipinski definition) is 2. The molecule has 118 valence electrons. The van der Waals surface area contributed by atoms with Crippen LogP contribution in [0.2, 0.25) is 0 Å². The van der Waals surface area contributed by atoms with Crippen molar-refractivity contribution in [2.75, 3.05) is 6.54 Å². The molecule has 1 amide bonds. The van der Waals surface area contributed by atoms with Crippen LogP contribution in [0.15, 0.2) is 18.5 Å². The van der Waals surface area contributed by atoms with Gasteiger partial charge in [-0.15, -0.1) is 0 Å². The summed E-state index contributed by atoms with van der Waals surface area (Å²) in [6, 6.07) is 2.91. The lowest BCUT2D eigenvalue weighted by Crippen LogP contribution is -2.30. The van der Waals surface area contributed by atoms with E-state index in [0.29, 0.717) is 12.5 Å². The van der Waals surface area contributed by atoms with Crippen LogP contribution < -0.4 is 10.6 Å². The zero-order chi connectivity index (χ0) is 15.2. The Bertz CT molecular complexity index is 449. The predicted molar refractivity (Wildman–Crippen MR) is 86.1 cm³/mol. The molecule has 1 saturated carbocycles. The first-order chi connectivity index (χ1) is 10.1. The van der Waals surface area contributed by atoms with Crippen molar-refractivity contribution in [3.8, 4) is 0 Å². The molecule has 1 aromatic heterocycles. The van der Waals surface area contributed by atoms with Crippen LogP contribution in [-0.4, -0.2) is 23.1 Å². The van der Waals surface area contributed by atoms with Crippen molar-refractivity contribution < 1.29 is 4.79 Å². The van der Waals surface area contributed by atoms with Gasteiger partial charge in [0.15, 0.2) is 0 Å². The third-order valence-electron chi connectivity index (χ3n) is 3.89. The van der Waals surface area contributed by atoms with Crippen LogP contribution in [0, 0.1) is 5.92 Å². The van der Waals surface area contributed by atoms with Crippen molar-refractivity contribution in [1.82, 2.24) is 15.2 Å². The molecular formula is C17H29N3O. The van der Waals surface area contributed by atoms with Gasteiger partial charge < -0.3 is 15.2 Å². The lowest BCUT2D eigenvalue weighted by atomic mass is 10.1. The van der Waals surface area contributed by atoms with Crippen LogP contribution in [0.4, 0.5) is 0 Å². The van der Waals surface area contributed by atoms with Crippen molar-refractivity contribution in [3.05, 3.63) is 24.0 Å². The van der Waals surface area contributed by atoms with E-state index in [0.717, 1.165) is 19.0 Å². The molecule has 21 heavy (non-hydrogen) atoms. The highest BCUT2D eigenvalue weighted by Gasteiger charge is 2.32. The molecule has 1 aliphatic carbocycles. The Labute approximate surface area is 128 Å². The van der Waals surface area contributed by atoms with Crippen LogP contribution in [0.1, 0.15) is 58.1 Å². The molecule has 1 fully saturated rings. The quantitative estimate of drug-likeness (QED) is 0.735. The standard InChI is InChI=1S/C17H29N3O/c1-4-9-18-17(14-5-6-14)15-7-10-20(12-15)11-8-16(21)19-13(2)3/h7,10,12-14,17-18H,4-6,8-9,11H2,1-3H3,(H,19,21). The second-order valence-corrected chi connectivity index (χ2v) is 6.42. The first-order valence-electron chi connectivity index (χ1n) is 8.28. The zero-order valence-corrected chi connectivity index (χ0v) is 13.6. The fourth-order valence-electron chi connectivity index (χ4n) is 2.69. The minimum absolute atomic E-state index is 0.128. The molecule has 1 heterocycles. The van der Waals surface area contributed by atoms with Crippen molar-refractivity contribution in [2.45, 2.75) is 65.1 Å². The zero-order valence-electron chi connectivity index (χ0n) is 13.6. The largest absolute Gasteiger partial charge is 0.354 e. The van der Waals surface area contributed by atoms with E-state index in [4.69, 9.17) is 0 Å². The predicted octanol–water partition coefficient (Wildman–Crippen LogP) is 2.85. The lowest BCUT2D eigenvalue weighted by Gasteiger charge is -2.16. The van der Waals surface area contributed by atoms with E-state index in [9.17, 15) is 4.79 Å². The number of amides is 1. The van der Waals surface area contributed by atoms with Crippen LogP contribution in [-0.2, 0) is 11.3 Å². The van der Waals surface area contributed by atoms with Crippen LogP contribution in [0.5, 0.6) is 0 Å². The maximum absolute atomic E-state index is 11.7. The summed E-state index contributed by atoms with van der Waals surface area (Å²) in [5.74, 6) is 0.930. The normalized spacial score (nSPS) is 16.2. The number of rotatable bonds is 9. The molecule has 0 aromatic carbocycles. The van der Waals surface area contributed by atoms with Gasteiger partial charge in [-0.25, -0.2) is 0 Å². The van der Waals surface area contributed by atoms with E-state index < -0.39 is 0 Å². The molecule has 0 spiro atoms. The fourth-order valence-corrected chi connectivity index (χ4v) is 2.69. The molecule has 1 aliphatic rings. The van der Waals surface area contributed by atoms with Gasteiger partial charge in [-0.3, -0.25) is 4.79 Å². The molecule has 1 aromatic rings. The molecule has 0 radical (unpaired) electrons. The number of nitrogens with zero attached hydrogens (tertiary/aromatic N) is 1. The summed E-state index contributed by atoms with van der Waals surface area (Å²) in [6.45, 7) is 8.01. The summed E-state index contributed by atoms with van der Waals surface area (Å²) in [7, 11) is 0. The number of nitrogens with one attached hydrogen (secondary N) is 2. The maximum atomic E-state index is 11.7. The van der Waals surface area contributed by atoms with E-state index in [1.807, 2.05) is 13.8 Å². The molecule has 0 aliphatic heterocycles. The summed E-state index contributed by atoms with van der Waals surface area (Å²) in [6.07, 6.45) is 8.68. The number of carbonyl (C=O) groups excluding carboxylic acids is 1. The van der Waals surface area contributed by atoms with Crippen molar-refractivity contribution in [2.24, 2.45) is 5.92 Å². The van der Waals surface area contributed by atoms with Gasteiger partial charge in [0, 0.05) is 37.4 Å². The second-order valence-electron chi connectivity index (χ2n) is 6.42. The van der Waals surface area contributed by atoms with Crippen LogP contribution in [0.3, 0.4) is 0 Å². The van der Waals surface area contributed by atoms with Gasteiger partial charge in [0.2, 0.25) is 5.91 Å². The Morgan fingerprint density at radius 2 is 2.19 bits per heavy atom. The minimum atomic E-state index is 0.128. The molecule has 2 N–H and O–H groups in total. The monoisotopic (exact) mass is 291 g/mol. The van der Waals surface area contributed by atoms with Gasteiger partial charge in [-0.1, -0.05) is 6.92 Å². The molecule has 4 nitrogen and oxygen atoms in total. The Morgan fingerprint density at radius 3 is 2.81 bits per heavy atom. The third-order valence-corrected chi connectivity index (χ3v) is 3.89. The fraction of sp³-hybridized carbons (Fsp3) is 0.706. The van der Waals surface area contributed by atoms with E-state index in [-0.39, 0.29) is 11.9 Å². The second kappa shape index (κ2) is 7.64. The first-order valence-corrected chi connectivity index (χ1v) is 8.28. The Hall–Kier alpha value is -1.29. The van der Waals surface area contributed by atoms with Gasteiger partial charge >= 0.3 is 0 Å². The Kier molecular flexibility index (Phi) is 5.85. The van der Waals surface area contributed by atoms with Crippen LogP contribution in [0.25, 0.3) is 0 Å². The molecular weight excluding hydrogens is 262 g/mol. The van der Waals surface area contributed by atoms with E-state index >= 15 is 0 Å². The number of aromatic nitrogens is 1. The first kappa shape index (κ1) is 16.1. The number of aryl methyl sites for hydroxylation is 1. The number of hydrogen-bond acceptors (Lipinski definition) is 2. The van der Waals surface area contributed by atoms with Gasteiger partial charge in [0.25, 0.3) is 0 Å². The smallest absolute Gasteiger partial charge is 0.221 e. The molecule has 1 unspecified atom stereocenters. The Balaban J connectivity index is 1.86. The summed E-state index contributed by atoms with van der Waals surface area (Å²) >= 11 is 0. The van der Waals surface area contributed by atoms with Gasteiger partial charge in [-0.2, -0.15) is 0 Å². The Morgan fingerprint density at radius 1 is 1.43 bits per heavy atom. The van der Waals surface area contributed by atoms with Gasteiger partial charge in [0.1, 0.15) is 0 Å². The molecule has 1 atom stereocenters. The van der Waals surface area contributed by atoms with Crippen molar-refractivity contribution in [3.63, 3.8) is 0 Å².